The summed E-state index contributed by atoms with van der Waals surface area (Å²) in [5.74, 6) is 0. The topological polar surface area (TPSA) is 26.0 Å². The van der Waals surface area contributed by atoms with Crippen LogP contribution in [0, 0.1) is 6.92 Å². The molecule has 0 amide bonds. The first-order chi connectivity index (χ1) is 4.50. The van der Waals surface area contributed by atoms with Crippen LogP contribution >= 0.6 is 11.3 Å². The van der Waals surface area contributed by atoms with Crippen LogP contribution in [0.4, 0.5) is 0 Å². The van der Waals surface area contributed by atoms with E-state index in [4.69, 9.17) is 5.73 Å². The Morgan fingerprint density at radius 3 is 2.30 bits per heavy atom. The molecule has 1 aromatic rings. The Hall–Kier alpha value is -0.340. The minimum Gasteiger partial charge on any atom is -0.322 e. The van der Waals surface area contributed by atoms with Gasteiger partial charge < -0.3 is 5.73 Å². The molecule has 0 atom stereocenters. The summed E-state index contributed by atoms with van der Waals surface area (Å²) in [7, 11) is 0. The molecule has 0 radical (unpaired) electrons. The standard InChI is InChI=1S/C8H13NS/c1-6-4-7(5-10-6)8(2,3)9/h4-5H,9H2,1-3H3. The number of nitrogens with two attached hydrogens (primary N) is 1. The van der Waals surface area contributed by atoms with Crippen LogP contribution in [-0.4, -0.2) is 0 Å². The van der Waals surface area contributed by atoms with E-state index in [0.29, 0.717) is 0 Å². The molecular formula is C8H13NS. The number of rotatable bonds is 1. The second-order valence-electron chi connectivity index (χ2n) is 3.17. The lowest BCUT2D eigenvalue weighted by Crippen LogP contribution is -2.27. The van der Waals surface area contributed by atoms with Gasteiger partial charge in [0.1, 0.15) is 0 Å². The van der Waals surface area contributed by atoms with Crippen LogP contribution in [-0.2, 0) is 5.54 Å². The Morgan fingerprint density at radius 1 is 1.50 bits per heavy atom. The minimum atomic E-state index is -0.176. The lowest BCUT2D eigenvalue weighted by Gasteiger charge is -2.15. The van der Waals surface area contributed by atoms with Gasteiger partial charge in [0.15, 0.2) is 0 Å². The van der Waals surface area contributed by atoms with Crippen molar-refractivity contribution in [2.24, 2.45) is 5.73 Å². The highest BCUT2D eigenvalue weighted by atomic mass is 32.1. The van der Waals surface area contributed by atoms with Gasteiger partial charge in [0.2, 0.25) is 0 Å². The highest BCUT2D eigenvalue weighted by Crippen LogP contribution is 2.22. The van der Waals surface area contributed by atoms with Gasteiger partial charge in [-0.2, -0.15) is 0 Å². The Bertz CT molecular complexity index is 219. The van der Waals surface area contributed by atoms with Crippen molar-refractivity contribution in [3.63, 3.8) is 0 Å². The van der Waals surface area contributed by atoms with E-state index in [-0.39, 0.29) is 5.54 Å². The first kappa shape index (κ1) is 7.76. The molecule has 0 spiro atoms. The summed E-state index contributed by atoms with van der Waals surface area (Å²) in [6, 6.07) is 2.14. The fourth-order valence-corrected chi connectivity index (χ4v) is 1.66. The molecule has 0 aromatic carbocycles. The molecule has 1 rings (SSSR count). The average Bonchev–Trinajstić information content (AvgIpc) is 2.11. The van der Waals surface area contributed by atoms with Crippen LogP contribution in [0.3, 0.4) is 0 Å². The molecule has 1 aromatic heterocycles. The predicted molar refractivity (Wildman–Crippen MR) is 46.3 cm³/mol. The van der Waals surface area contributed by atoms with Gasteiger partial charge in [-0.1, -0.05) is 0 Å². The predicted octanol–water partition coefficient (Wildman–Crippen LogP) is 2.25. The van der Waals surface area contributed by atoms with Crippen molar-refractivity contribution >= 4 is 11.3 Å². The fourth-order valence-electron chi connectivity index (χ4n) is 0.781. The summed E-state index contributed by atoms with van der Waals surface area (Å²) in [4.78, 5) is 1.33. The van der Waals surface area contributed by atoms with Crippen LogP contribution in [0.1, 0.15) is 24.3 Å². The van der Waals surface area contributed by atoms with Crippen molar-refractivity contribution in [3.8, 4) is 0 Å². The van der Waals surface area contributed by atoms with E-state index < -0.39 is 0 Å². The Labute approximate surface area is 65.9 Å². The third-order valence-electron chi connectivity index (χ3n) is 1.47. The van der Waals surface area contributed by atoms with Crippen LogP contribution in [0.5, 0.6) is 0 Å². The summed E-state index contributed by atoms with van der Waals surface area (Å²) in [5.41, 5.74) is 6.93. The molecule has 56 valence electrons. The van der Waals surface area contributed by atoms with E-state index in [9.17, 15) is 0 Å². The molecule has 0 aliphatic carbocycles. The number of thiophene rings is 1. The van der Waals surface area contributed by atoms with Gasteiger partial charge in [-0.05, 0) is 37.8 Å². The van der Waals surface area contributed by atoms with Crippen molar-refractivity contribution in [3.05, 3.63) is 21.9 Å². The lowest BCUT2D eigenvalue weighted by atomic mass is 9.99. The maximum absolute atomic E-state index is 5.88. The Morgan fingerprint density at radius 2 is 2.10 bits per heavy atom. The van der Waals surface area contributed by atoms with Crippen LogP contribution < -0.4 is 5.73 Å². The Kier molecular flexibility index (Phi) is 1.84. The average molecular weight is 155 g/mol. The van der Waals surface area contributed by atoms with Crippen LogP contribution in [0.2, 0.25) is 0 Å². The van der Waals surface area contributed by atoms with E-state index in [1.807, 2.05) is 13.8 Å². The van der Waals surface area contributed by atoms with Crippen molar-refractivity contribution < 1.29 is 0 Å². The first-order valence-corrected chi connectivity index (χ1v) is 4.22. The zero-order valence-electron chi connectivity index (χ0n) is 6.64. The van der Waals surface area contributed by atoms with Crippen LogP contribution in [0.25, 0.3) is 0 Å². The third kappa shape index (κ3) is 1.58. The van der Waals surface area contributed by atoms with E-state index >= 15 is 0 Å². The van der Waals surface area contributed by atoms with Crippen molar-refractivity contribution in [1.82, 2.24) is 0 Å². The number of aryl methyl sites for hydroxylation is 1. The monoisotopic (exact) mass is 155 g/mol. The molecule has 0 aliphatic heterocycles. The molecule has 10 heavy (non-hydrogen) atoms. The molecule has 0 unspecified atom stereocenters. The quantitative estimate of drug-likeness (QED) is 0.661. The molecule has 2 heteroatoms. The summed E-state index contributed by atoms with van der Waals surface area (Å²) in [5, 5.41) is 2.12. The zero-order valence-corrected chi connectivity index (χ0v) is 7.46. The van der Waals surface area contributed by atoms with Gasteiger partial charge in [0.05, 0.1) is 0 Å². The molecule has 1 heterocycles. The largest absolute Gasteiger partial charge is 0.322 e. The first-order valence-electron chi connectivity index (χ1n) is 3.34. The number of hydrogen-bond donors (Lipinski definition) is 1. The molecule has 0 bridgehead atoms. The second kappa shape index (κ2) is 2.36. The van der Waals surface area contributed by atoms with Crippen molar-refractivity contribution in [1.29, 1.82) is 0 Å². The molecule has 0 fully saturated rings. The van der Waals surface area contributed by atoms with Gasteiger partial charge in [-0.25, -0.2) is 0 Å². The van der Waals surface area contributed by atoms with Gasteiger partial charge in [-0.3, -0.25) is 0 Å². The summed E-state index contributed by atoms with van der Waals surface area (Å²) >= 11 is 1.75. The molecule has 1 nitrogen and oxygen atoms in total. The van der Waals surface area contributed by atoms with E-state index in [1.165, 1.54) is 10.4 Å². The van der Waals surface area contributed by atoms with E-state index in [1.54, 1.807) is 11.3 Å². The maximum Gasteiger partial charge on any atom is 0.0360 e. The van der Waals surface area contributed by atoms with Gasteiger partial charge in [-0.15, -0.1) is 11.3 Å². The third-order valence-corrected chi connectivity index (χ3v) is 2.34. The summed E-state index contributed by atoms with van der Waals surface area (Å²) in [6.45, 7) is 6.14. The van der Waals surface area contributed by atoms with E-state index in [2.05, 4.69) is 18.4 Å². The molecule has 0 saturated carbocycles. The SMILES string of the molecule is Cc1cc(C(C)(C)N)cs1. The normalized spacial score (nSPS) is 12.0. The highest BCUT2D eigenvalue weighted by molar-refractivity contribution is 7.10. The van der Waals surface area contributed by atoms with Gasteiger partial charge >= 0.3 is 0 Å². The van der Waals surface area contributed by atoms with Gasteiger partial charge in [0, 0.05) is 10.4 Å². The smallest absolute Gasteiger partial charge is 0.0360 e. The van der Waals surface area contributed by atoms with Crippen molar-refractivity contribution in [2.75, 3.05) is 0 Å². The number of hydrogen-bond acceptors (Lipinski definition) is 2. The Balaban J connectivity index is 2.96. The molecule has 0 aliphatic rings. The van der Waals surface area contributed by atoms with E-state index in [0.717, 1.165) is 0 Å². The molecule has 2 N–H and O–H groups in total. The fraction of sp³-hybridized carbons (Fsp3) is 0.500. The minimum absolute atomic E-state index is 0.176. The lowest BCUT2D eigenvalue weighted by molar-refractivity contribution is 0.556. The molecule has 0 saturated heterocycles. The summed E-state index contributed by atoms with van der Waals surface area (Å²) in [6.07, 6.45) is 0. The zero-order chi connectivity index (χ0) is 7.78. The molecular weight excluding hydrogens is 142 g/mol. The highest BCUT2D eigenvalue weighted by Gasteiger charge is 2.14. The second-order valence-corrected chi connectivity index (χ2v) is 4.28. The van der Waals surface area contributed by atoms with Crippen LogP contribution in [0.15, 0.2) is 11.4 Å². The van der Waals surface area contributed by atoms with Gasteiger partial charge in [0.25, 0.3) is 0 Å². The summed E-state index contributed by atoms with van der Waals surface area (Å²) < 4.78 is 0. The van der Waals surface area contributed by atoms with Crippen molar-refractivity contribution in [2.45, 2.75) is 26.3 Å². The maximum atomic E-state index is 5.88.